The third kappa shape index (κ3) is 5.40. The van der Waals surface area contributed by atoms with E-state index >= 15 is 0 Å². The van der Waals surface area contributed by atoms with Gasteiger partial charge in [0.05, 0.1) is 13.2 Å². The average molecular weight is 197 g/mol. The van der Waals surface area contributed by atoms with E-state index < -0.39 is 0 Å². The van der Waals surface area contributed by atoms with Crippen molar-refractivity contribution in [1.82, 2.24) is 5.32 Å². The summed E-state index contributed by atoms with van der Waals surface area (Å²) in [7, 11) is 0. The van der Waals surface area contributed by atoms with Crippen LogP contribution in [0.3, 0.4) is 0 Å². The van der Waals surface area contributed by atoms with Crippen molar-refractivity contribution in [3.8, 4) is 0 Å². The summed E-state index contributed by atoms with van der Waals surface area (Å²) in [5.41, 5.74) is 1.84. The van der Waals surface area contributed by atoms with Crippen molar-refractivity contribution in [2.45, 2.75) is 33.6 Å². The smallest absolute Gasteiger partial charge is 0.0689 e. The fraction of sp³-hybridized carbons (Fsp3) is 0.833. The first-order valence-electron chi connectivity index (χ1n) is 5.54. The van der Waals surface area contributed by atoms with Crippen molar-refractivity contribution in [2.24, 2.45) is 5.41 Å². The molecule has 1 aliphatic heterocycles. The summed E-state index contributed by atoms with van der Waals surface area (Å²) in [5, 5.41) is 3.46. The minimum atomic E-state index is 0.435. The van der Waals surface area contributed by atoms with E-state index in [0.29, 0.717) is 5.41 Å². The molecule has 0 saturated heterocycles. The van der Waals surface area contributed by atoms with E-state index in [4.69, 9.17) is 4.74 Å². The molecule has 1 aliphatic rings. The van der Waals surface area contributed by atoms with Gasteiger partial charge in [0.2, 0.25) is 0 Å². The molecule has 2 nitrogen and oxygen atoms in total. The number of ether oxygens (including phenoxy) is 1. The van der Waals surface area contributed by atoms with Crippen LogP contribution < -0.4 is 5.32 Å². The second-order valence-electron chi connectivity index (χ2n) is 5.19. The predicted molar refractivity (Wildman–Crippen MR) is 60.5 cm³/mol. The van der Waals surface area contributed by atoms with Gasteiger partial charge in [-0.25, -0.2) is 0 Å². The molecule has 82 valence electrons. The number of hydrogen-bond donors (Lipinski definition) is 1. The van der Waals surface area contributed by atoms with Crippen molar-refractivity contribution in [3.05, 3.63) is 11.6 Å². The number of nitrogens with one attached hydrogen (secondary N) is 1. The van der Waals surface area contributed by atoms with Gasteiger partial charge >= 0.3 is 0 Å². The fourth-order valence-corrected chi connectivity index (χ4v) is 1.44. The van der Waals surface area contributed by atoms with E-state index in [1.807, 2.05) is 0 Å². The summed E-state index contributed by atoms with van der Waals surface area (Å²) in [4.78, 5) is 0. The molecule has 0 aromatic heterocycles. The highest BCUT2D eigenvalue weighted by Crippen LogP contribution is 2.17. The summed E-state index contributed by atoms with van der Waals surface area (Å²) < 4.78 is 5.37. The lowest BCUT2D eigenvalue weighted by atomic mass is 9.92. The van der Waals surface area contributed by atoms with Crippen molar-refractivity contribution >= 4 is 0 Å². The van der Waals surface area contributed by atoms with Crippen LogP contribution in [0, 0.1) is 5.41 Å². The molecule has 0 unspecified atom stereocenters. The van der Waals surface area contributed by atoms with E-state index in [2.05, 4.69) is 32.2 Å². The number of hydrogen-bond acceptors (Lipinski definition) is 2. The van der Waals surface area contributed by atoms with Gasteiger partial charge in [-0.3, -0.25) is 0 Å². The summed E-state index contributed by atoms with van der Waals surface area (Å²) >= 11 is 0. The SMILES string of the molecule is CC(C)(C)CCNCC1=CCCOC1. The molecule has 1 N–H and O–H groups in total. The third-order valence-electron chi connectivity index (χ3n) is 2.39. The molecule has 0 saturated carbocycles. The zero-order valence-corrected chi connectivity index (χ0v) is 9.73. The second kappa shape index (κ2) is 5.52. The summed E-state index contributed by atoms with van der Waals surface area (Å²) in [6.45, 7) is 10.6. The highest BCUT2D eigenvalue weighted by Gasteiger charge is 2.09. The lowest BCUT2D eigenvalue weighted by molar-refractivity contribution is 0.148. The molecule has 1 heterocycles. The van der Waals surface area contributed by atoms with E-state index in [1.165, 1.54) is 12.0 Å². The Morgan fingerprint density at radius 2 is 2.21 bits per heavy atom. The van der Waals surface area contributed by atoms with Crippen LogP contribution >= 0.6 is 0 Å². The van der Waals surface area contributed by atoms with Crippen molar-refractivity contribution in [1.29, 1.82) is 0 Å². The van der Waals surface area contributed by atoms with Crippen molar-refractivity contribution in [3.63, 3.8) is 0 Å². The zero-order valence-electron chi connectivity index (χ0n) is 9.73. The lowest BCUT2D eigenvalue weighted by Crippen LogP contribution is -2.25. The molecule has 0 aromatic carbocycles. The Morgan fingerprint density at radius 1 is 1.43 bits per heavy atom. The van der Waals surface area contributed by atoms with Gasteiger partial charge in [0, 0.05) is 6.54 Å². The lowest BCUT2D eigenvalue weighted by Gasteiger charge is -2.19. The molecule has 14 heavy (non-hydrogen) atoms. The Hall–Kier alpha value is -0.340. The Balaban J connectivity index is 2.06. The quantitative estimate of drug-likeness (QED) is 0.552. The molecule has 0 atom stereocenters. The highest BCUT2D eigenvalue weighted by molar-refractivity contribution is 5.06. The van der Waals surface area contributed by atoms with Crippen LogP contribution in [0.25, 0.3) is 0 Å². The monoisotopic (exact) mass is 197 g/mol. The van der Waals surface area contributed by atoms with Crippen LogP contribution in [0.5, 0.6) is 0 Å². The average Bonchev–Trinajstić information content (AvgIpc) is 2.13. The van der Waals surface area contributed by atoms with E-state index in [9.17, 15) is 0 Å². The Kier molecular flexibility index (Phi) is 4.63. The van der Waals surface area contributed by atoms with Crippen LogP contribution in [0.4, 0.5) is 0 Å². The normalized spacial score (nSPS) is 18.1. The Morgan fingerprint density at radius 3 is 2.79 bits per heavy atom. The van der Waals surface area contributed by atoms with Crippen LogP contribution in [0.2, 0.25) is 0 Å². The minimum Gasteiger partial charge on any atom is -0.377 e. The molecule has 0 amide bonds. The third-order valence-corrected chi connectivity index (χ3v) is 2.39. The maximum absolute atomic E-state index is 5.37. The number of rotatable bonds is 4. The molecule has 0 aromatic rings. The van der Waals surface area contributed by atoms with Gasteiger partial charge in [0.15, 0.2) is 0 Å². The molecular weight excluding hydrogens is 174 g/mol. The molecule has 1 rings (SSSR count). The highest BCUT2D eigenvalue weighted by atomic mass is 16.5. The van der Waals surface area contributed by atoms with Crippen molar-refractivity contribution in [2.75, 3.05) is 26.3 Å². The van der Waals surface area contributed by atoms with Crippen LogP contribution in [-0.4, -0.2) is 26.3 Å². The summed E-state index contributed by atoms with van der Waals surface area (Å²) in [6, 6.07) is 0. The Bertz CT molecular complexity index is 191. The van der Waals surface area contributed by atoms with Crippen LogP contribution in [0.15, 0.2) is 11.6 Å². The van der Waals surface area contributed by atoms with Crippen molar-refractivity contribution < 1.29 is 4.74 Å². The molecule has 0 fully saturated rings. The summed E-state index contributed by atoms with van der Waals surface area (Å²) in [6.07, 6.45) is 4.60. The van der Waals surface area contributed by atoms with Gasteiger partial charge < -0.3 is 10.1 Å². The second-order valence-corrected chi connectivity index (χ2v) is 5.19. The maximum atomic E-state index is 5.37. The van der Waals surface area contributed by atoms with E-state index in [-0.39, 0.29) is 0 Å². The largest absolute Gasteiger partial charge is 0.377 e. The topological polar surface area (TPSA) is 21.3 Å². The Labute approximate surface area is 87.7 Å². The molecule has 0 bridgehead atoms. The standard InChI is InChI=1S/C12H23NO/c1-12(2,3)6-7-13-9-11-5-4-8-14-10-11/h5,13H,4,6-10H2,1-3H3. The van der Waals surface area contributed by atoms with Crippen LogP contribution in [-0.2, 0) is 4.74 Å². The summed E-state index contributed by atoms with van der Waals surface area (Å²) in [5.74, 6) is 0. The maximum Gasteiger partial charge on any atom is 0.0689 e. The van der Waals surface area contributed by atoms with E-state index in [1.54, 1.807) is 0 Å². The first kappa shape index (κ1) is 11.7. The van der Waals surface area contributed by atoms with E-state index in [0.717, 1.165) is 32.7 Å². The molecule has 0 aliphatic carbocycles. The van der Waals surface area contributed by atoms with Gasteiger partial charge in [-0.1, -0.05) is 26.8 Å². The minimum absolute atomic E-state index is 0.435. The van der Waals surface area contributed by atoms with Gasteiger partial charge in [0.1, 0.15) is 0 Å². The van der Waals surface area contributed by atoms with Gasteiger partial charge in [-0.05, 0) is 30.4 Å². The molecule has 0 radical (unpaired) electrons. The van der Waals surface area contributed by atoms with Gasteiger partial charge in [-0.2, -0.15) is 0 Å². The fourth-order valence-electron chi connectivity index (χ4n) is 1.44. The predicted octanol–water partition coefficient (Wildman–Crippen LogP) is 2.36. The molecular formula is C12H23NO. The molecule has 0 spiro atoms. The zero-order chi connectivity index (χ0) is 10.4. The first-order valence-corrected chi connectivity index (χ1v) is 5.54. The first-order chi connectivity index (χ1) is 6.58. The van der Waals surface area contributed by atoms with Gasteiger partial charge in [0.25, 0.3) is 0 Å². The van der Waals surface area contributed by atoms with Gasteiger partial charge in [-0.15, -0.1) is 0 Å². The van der Waals surface area contributed by atoms with Crippen LogP contribution in [0.1, 0.15) is 33.6 Å². The molecule has 2 heteroatoms.